The van der Waals surface area contributed by atoms with E-state index in [4.69, 9.17) is 4.74 Å². The highest BCUT2D eigenvalue weighted by molar-refractivity contribution is 6.04. The molecule has 8 nitrogen and oxygen atoms in total. The molecule has 0 radical (unpaired) electrons. The van der Waals surface area contributed by atoms with Gasteiger partial charge in [0.15, 0.2) is 0 Å². The molecule has 0 N–H and O–H groups in total. The summed E-state index contributed by atoms with van der Waals surface area (Å²) in [6.45, 7) is 5.43. The smallest absolute Gasteiger partial charge is 0.256 e. The minimum atomic E-state index is 0.0274. The van der Waals surface area contributed by atoms with E-state index in [2.05, 4.69) is 24.4 Å². The van der Waals surface area contributed by atoms with E-state index in [1.54, 1.807) is 19.5 Å². The number of carbonyl (C=O) groups is 1. The number of para-hydroxylation sites is 1. The van der Waals surface area contributed by atoms with Crippen LogP contribution >= 0.6 is 0 Å². The van der Waals surface area contributed by atoms with E-state index in [9.17, 15) is 4.79 Å². The monoisotopic (exact) mass is 394 g/mol. The van der Waals surface area contributed by atoms with Crippen molar-refractivity contribution in [3.63, 3.8) is 0 Å². The fraction of sp³-hybridized carbons (Fsp3) is 0.429. The quantitative estimate of drug-likeness (QED) is 0.635. The molecule has 1 saturated heterocycles. The third-order valence-corrected chi connectivity index (χ3v) is 5.31. The molecule has 2 aromatic heterocycles. The van der Waals surface area contributed by atoms with E-state index >= 15 is 0 Å². The van der Waals surface area contributed by atoms with Crippen LogP contribution in [0.1, 0.15) is 22.6 Å². The van der Waals surface area contributed by atoms with Gasteiger partial charge in [-0.1, -0.05) is 6.07 Å². The largest absolute Gasteiger partial charge is 0.383 e. The zero-order valence-corrected chi connectivity index (χ0v) is 16.7. The third-order valence-electron chi connectivity index (χ3n) is 5.31. The second-order valence-electron chi connectivity index (χ2n) is 7.18. The average molecular weight is 394 g/mol. The number of rotatable bonds is 6. The van der Waals surface area contributed by atoms with Crippen LogP contribution in [0.3, 0.4) is 0 Å². The van der Waals surface area contributed by atoms with E-state index < -0.39 is 0 Å². The summed E-state index contributed by atoms with van der Waals surface area (Å²) in [5.41, 5.74) is 2.04. The SMILES string of the molecule is COCCn1ccnc1CN1CCCN(C(=O)c2cccc3nccnc23)CC1. The number of hydrogen-bond acceptors (Lipinski definition) is 6. The van der Waals surface area contributed by atoms with Crippen LogP contribution in [0.4, 0.5) is 0 Å². The summed E-state index contributed by atoms with van der Waals surface area (Å²) in [6.07, 6.45) is 8.04. The summed E-state index contributed by atoms with van der Waals surface area (Å²) in [6, 6.07) is 5.60. The first kappa shape index (κ1) is 19.5. The highest BCUT2D eigenvalue weighted by Gasteiger charge is 2.23. The van der Waals surface area contributed by atoms with E-state index in [1.165, 1.54) is 0 Å². The molecule has 29 heavy (non-hydrogen) atoms. The fourth-order valence-corrected chi connectivity index (χ4v) is 3.75. The fourth-order valence-electron chi connectivity index (χ4n) is 3.75. The van der Waals surface area contributed by atoms with Gasteiger partial charge >= 0.3 is 0 Å². The van der Waals surface area contributed by atoms with Crippen LogP contribution in [-0.4, -0.2) is 75.1 Å². The Labute approximate surface area is 170 Å². The maximum atomic E-state index is 13.2. The molecule has 4 rings (SSSR count). The second kappa shape index (κ2) is 9.11. The van der Waals surface area contributed by atoms with Crippen molar-refractivity contribution >= 4 is 16.9 Å². The molecule has 0 spiro atoms. The van der Waals surface area contributed by atoms with Gasteiger partial charge in [0.2, 0.25) is 0 Å². The normalized spacial score (nSPS) is 15.6. The van der Waals surface area contributed by atoms with E-state index in [-0.39, 0.29) is 5.91 Å². The molecular formula is C21H26N6O2. The minimum Gasteiger partial charge on any atom is -0.383 e. The Morgan fingerprint density at radius 2 is 1.97 bits per heavy atom. The summed E-state index contributed by atoms with van der Waals surface area (Å²) in [7, 11) is 1.71. The molecule has 0 saturated carbocycles. The first-order chi connectivity index (χ1) is 14.3. The zero-order chi connectivity index (χ0) is 20.1. The highest BCUT2D eigenvalue weighted by Crippen LogP contribution is 2.17. The van der Waals surface area contributed by atoms with E-state index in [1.807, 2.05) is 35.5 Å². The lowest BCUT2D eigenvalue weighted by atomic mass is 10.1. The molecule has 1 fully saturated rings. The lowest BCUT2D eigenvalue weighted by Crippen LogP contribution is -2.35. The van der Waals surface area contributed by atoms with Gasteiger partial charge in [-0.3, -0.25) is 19.7 Å². The number of nitrogens with zero attached hydrogens (tertiary/aromatic N) is 6. The molecule has 0 atom stereocenters. The van der Waals surface area contributed by atoms with Gasteiger partial charge in [0, 0.05) is 64.6 Å². The molecule has 0 unspecified atom stereocenters. The Morgan fingerprint density at radius 3 is 2.86 bits per heavy atom. The number of methoxy groups -OCH3 is 1. The number of fused-ring (bicyclic) bond motifs is 1. The van der Waals surface area contributed by atoms with Crippen molar-refractivity contribution < 1.29 is 9.53 Å². The van der Waals surface area contributed by atoms with Gasteiger partial charge < -0.3 is 14.2 Å². The molecule has 3 aromatic rings. The Balaban J connectivity index is 1.42. The minimum absolute atomic E-state index is 0.0274. The van der Waals surface area contributed by atoms with Crippen LogP contribution in [0, 0.1) is 0 Å². The van der Waals surface area contributed by atoms with E-state index in [0.29, 0.717) is 24.2 Å². The van der Waals surface area contributed by atoms with Crippen molar-refractivity contribution in [3.8, 4) is 0 Å². The molecule has 1 amide bonds. The van der Waals surface area contributed by atoms with Crippen LogP contribution in [0.25, 0.3) is 11.0 Å². The van der Waals surface area contributed by atoms with Crippen LogP contribution in [0.15, 0.2) is 43.0 Å². The van der Waals surface area contributed by atoms with Crippen molar-refractivity contribution in [1.29, 1.82) is 0 Å². The first-order valence-corrected chi connectivity index (χ1v) is 9.96. The molecule has 152 valence electrons. The molecule has 0 aliphatic carbocycles. The maximum absolute atomic E-state index is 13.2. The number of aromatic nitrogens is 4. The number of hydrogen-bond donors (Lipinski definition) is 0. The molecular weight excluding hydrogens is 368 g/mol. The number of amides is 1. The summed E-state index contributed by atoms with van der Waals surface area (Å²) in [4.78, 5) is 30.7. The number of carbonyl (C=O) groups excluding carboxylic acids is 1. The Morgan fingerprint density at radius 1 is 1.07 bits per heavy atom. The summed E-state index contributed by atoms with van der Waals surface area (Å²) in [5.74, 6) is 1.06. The molecule has 1 aromatic carbocycles. The maximum Gasteiger partial charge on any atom is 0.256 e. The van der Waals surface area contributed by atoms with Crippen LogP contribution in [0.2, 0.25) is 0 Å². The molecule has 8 heteroatoms. The van der Waals surface area contributed by atoms with Crippen LogP contribution in [-0.2, 0) is 17.8 Å². The second-order valence-corrected chi connectivity index (χ2v) is 7.18. The Bertz CT molecular complexity index is 967. The summed E-state index contributed by atoms with van der Waals surface area (Å²) in [5, 5.41) is 0. The third kappa shape index (κ3) is 4.44. The summed E-state index contributed by atoms with van der Waals surface area (Å²) >= 11 is 0. The topological polar surface area (TPSA) is 76.4 Å². The Hall–Kier alpha value is -2.84. The predicted molar refractivity (Wildman–Crippen MR) is 109 cm³/mol. The molecule has 1 aliphatic heterocycles. The van der Waals surface area contributed by atoms with Gasteiger partial charge in [-0.05, 0) is 18.6 Å². The van der Waals surface area contributed by atoms with Crippen molar-refractivity contribution in [2.75, 3.05) is 39.9 Å². The molecule has 0 bridgehead atoms. The Kier molecular flexibility index (Phi) is 6.12. The molecule has 1 aliphatic rings. The van der Waals surface area contributed by atoms with Crippen molar-refractivity contribution in [1.82, 2.24) is 29.3 Å². The van der Waals surface area contributed by atoms with Crippen molar-refractivity contribution in [2.24, 2.45) is 0 Å². The van der Waals surface area contributed by atoms with Crippen molar-refractivity contribution in [3.05, 3.63) is 54.4 Å². The number of ether oxygens (including phenoxy) is 1. The van der Waals surface area contributed by atoms with Gasteiger partial charge in [-0.15, -0.1) is 0 Å². The number of benzene rings is 1. The van der Waals surface area contributed by atoms with Gasteiger partial charge in [0.1, 0.15) is 11.3 Å². The van der Waals surface area contributed by atoms with Crippen LogP contribution in [0.5, 0.6) is 0 Å². The lowest BCUT2D eigenvalue weighted by Gasteiger charge is -2.22. The predicted octanol–water partition coefficient (Wildman–Crippen LogP) is 1.82. The highest BCUT2D eigenvalue weighted by atomic mass is 16.5. The van der Waals surface area contributed by atoms with Gasteiger partial charge in [-0.2, -0.15) is 0 Å². The van der Waals surface area contributed by atoms with Gasteiger partial charge in [-0.25, -0.2) is 4.98 Å². The van der Waals surface area contributed by atoms with Gasteiger partial charge in [0.05, 0.1) is 24.2 Å². The zero-order valence-electron chi connectivity index (χ0n) is 16.7. The van der Waals surface area contributed by atoms with Crippen LogP contribution < -0.4 is 0 Å². The summed E-state index contributed by atoms with van der Waals surface area (Å²) < 4.78 is 7.31. The lowest BCUT2D eigenvalue weighted by molar-refractivity contribution is 0.0762. The van der Waals surface area contributed by atoms with E-state index in [0.717, 1.165) is 50.5 Å². The average Bonchev–Trinajstić information content (AvgIpc) is 3.06. The molecule has 3 heterocycles. The first-order valence-electron chi connectivity index (χ1n) is 9.96. The standard InChI is InChI=1S/C21H26N6O2/c1-29-15-14-26-11-8-23-19(26)16-25-9-3-10-27(13-12-25)21(28)17-4-2-5-18-20(17)24-7-6-22-18/h2,4-8,11H,3,9-10,12-16H2,1H3. The van der Waals surface area contributed by atoms with Gasteiger partial charge in [0.25, 0.3) is 5.91 Å². The van der Waals surface area contributed by atoms with Crippen molar-refractivity contribution in [2.45, 2.75) is 19.5 Å². The number of imidazole rings is 1.